The maximum Gasteiger partial charge on any atom is 0.472 e. The van der Waals surface area contributed by atoms with Gasteiger partial charge in [-0.2, -0.15) is 0 Å². The van der Waals surface area contributed by atoms with Gasteiger partial charge in [-0.25, -0.2) is 9.13 Å². The molecule has 0 aliphatic rings. The first-order valence-corrected chi connectivity index (χ1v) is 45.8. The van der Waals surface area contributed by atoms with Crippen molar-refractivity contribution in [2.45, 2.75) is 452 Å². The molecule has 5 atom stereocenters. The van der Waals surface area contributed by atoms with E-state index in [0.717, 1.165) is 108 Å². The van der Waals surface area contributed by atoms with Crippen LogP contribution >= 0.6 is 15.6 Å². The average Bonchev–Trinajstić information content (AvgIpc) is 0.911. The van der Waals surface area contributed by atoms with Crippen molar-refractivity contribution in [2.75, 3.05) is 39.6 Å². The summed E-state index contributed by atoms with van der Waals surface area (Å²) in [5, 5.41) is 10.7. The van der Waals surface area contributed by atoms with Gasteiger partial charge in [-0.15, -0.1) is 0 Å². The molecule has 0 radical (unpaired) electrons. The van der Waals surface area contributed by atoms with Gasteiger partial charge in [-0.05, 0) is 43.4 Å². The Morgan fingerprint density at radius 2 is 0.451 bits per heavy atom. The highest BCUT2D eigenvalue weighted by molar-refractivity contribution is 7.47. The molecule has 2 unspecified atom stereocenters. The Hall–Kier alpha value is -1.94. The summed E-state index contributed by atoms with van der Waals surface area (Å²) in [5.74, 6) is 0.261. The first-order chi connectivity index (χ1) is 49.2. The van der Waals surface area contributed by atoms with Gasteiger partial charge in [0.05, 0.1) is 26.4 Å². The summed E-state index contributed by atoms with van der Waals surface area (Å²) in [6.07, 6.45) is 62.4. The molecule has 17 nitrogen and oxygen atoms in total. The van der Waals surface area contributed by atoms with Crippen LogP contribution in [0.1, 0.15) is 434 Å². The van der Waals surface area contributed by atoms with Crippen molar-refractivity contribution in [3.63, 3.8) is 0 Å². The van der Waals surface area contributed by atoms with Gasteiger partial charge in [0.2, 0.25) is 0 Å². The molecule has 0 amide bonds. The first kappa shape index (κ1) is 100. The van der Waals surface area contributed by atoms with Crippen molar-refractivity contribution in [1.29, 1.82) is 0 Å². The van der Waals surface area contributed by atoms with E-state index in [2.05, 4.69) is 48.5 Å². The van der Waals surface area contributed by atoms with Gasteiger partial charge in [-0.3, -0.25) is 37.3 Å². The second-order valence-electron chi connectivity index (χ2n) is 31.3. The van der Waals surface area contributed by atoms with Gasteiger partial charge in [-0.1, -0.05) is 382 Å². The number of rotatable bonds is 81. The number of carbonyl (C=O) groups excluding carboxylic acids is 4. The quantitative estimate of drug-likeness (QED) is 0.0222. The zero-order chi connectivity index (χ0) is 75.1. The van der Waals surface area contributed by atoms with Crippen LogP contribution in [0.3, 0.4) is 0 Å². The Labute approximate surface area is 626 Å². The highest BCUT2D eigenvalue weighted by atomic mass is 31.2. The van der Waals surface area contributed by atoms with Crippen molar-refractivity contribution in [1.82, 2.24) is 0 Å². The van der Waals surface area contributed by atoms with Gasteiger partial charge >= 0.3 is 39.5 Å². The number of carbonyl (C=O) groups is 4. The summed E-state index contributed by atoms with van der Waals surface area (Å²) in [4.78, 5) is 73.1. The van der Waals surface area contributed by atoms with E-state index >= 15 is 0 Å². The van der Waals surface area contributed by atoms with E-state index < -0.39 is 97.5 Å². The van der Waals surface area contributed by atoms with E-state index in [-0.39, 0.29) is 25.7 Å². The molecular weight excluding hydrogens is 1330 g/mol. The molecule has 0 aromatic heterocycles. The third kappa shape index (κ3) is 76.3. The molecule has 0 aromatic rings. The molecule has 0 heterocycles. The molecule has 0 aromatic carbocycles. The van der Waals surface area contributed by atoms with Crippen LogP contribution in [0.5, 0.6) is 0 Å². The molecule has 0 bridgehead atoms. The molecule has 0 fully saturated rings. The van der Waals surface area contributed by atoms with Crippen LogP contribution < -0.4 is 0 Å². The van der Waals surface area contributed by atoms with E-state index in [4.69, 9.17) is 37.0 Å². The predicted molar refractivity (Wildman–Crippen MR) is 418 cm³/mol. The molecule has 0 aliphatic carbocycles. The van der Waals surface area contributed by atoms with E-state index in [1.165, 1.54) is 244 Å². The predicted octanol–water partition coefficient (Wildman–Crippen LogP) is 24.9. The van der Waals surface area contributed by atoms with Crippen LogP contribution in [0.25, 0.3) is 0 Å². The van der Waals surface area contributed by atoms with Gasteiger partial charge in [0.1, 0.15) is 19.3 Å². The number of esters is 4. The second kappa shape index (κ2) is 73.2. The molecule has 0 rings (SSSR count). The molecule has 0 spiro atoms. The summed E-state index contributed by atoms with van der Waals surface area (Å²) in [7, 11) is -9.92. The van der Waals surface area contributed by atoms with Crippen LogP contribution in [0.15, 0.2) is 0 Å². The lowest BCUT2D eigenvalue weighted by Crippen LogP contribution is -2.30. The first-order valence-electron chi connectivity index (χ1n) is 42.8. The van der Waals surface area contributed by atoms with Crippen LogP contribution in [0.4, 0.5) is 0 Å². The Morgan fingerprint density at radius 1 is 0.265 bits per heavy atom. The summed E-state index contributed by atoms with van der Waals surface area (Å²) in [6.45, 7) is 12.0. The Bertz CT molecular complexity index is 1970. The number of aliphatic hydroxyl groups excluding tert-OH is 1. The van der Waals surface area contributed by atoms with Crippen molar-refractivity contribution < 1.29 is 80.2 Å². The van der Waals surface area contributed by atoms with Crippen LogP contribution in [0, 0.1) is 17.8 Å². The molecule has 0 saturated heterocycles. The third-order valence-corrected chi connectivity index (χ3v) is 21.3. The summed E-state index contributed by atoms with van der Waals surface area (Å²) >= 11 is 0. The zero-order valence-electron chi connectivity index (χ0n) is 67.1. The summed E-state index contributed by atoms with van der Waals surface area (Å²) in [5.41, 5.74) is 0. The van der Waals surface area contributed by atoms with Crippen molar-refractivity contribution in [3.05, 3.63) is 0 Å². The van der Waals surface area contributed by atoms with Crippen LogP contribution in [-0.2, 0) is 65.4 Å². The SMILES string of the molecule is CCCCCCCCCCCCCCC(=O)OC[C@H](COP(=O)(O)OC[C@H](O)COP(=O)(O)OC[C@@H](COC(=O)CCCCCCCCCCCCCCCCCC(C)C)OC(=O)CCCCCCCCCCCCCCCCCCC(C)C)OC(=O)CCCCCCCCCCCCC(C)C. The fourth-order valence-corrected chi connectivity index (χ4v) is 14.4. The number of hydrogen-bond donors (Lipinski definition) is 3. The van der Waals surface area contributed by atoms with E-state index in [1.54, 1.807) is 0 Å². The molecule has 606 valence electrons. The lowest BCUT2D eigenvalue weighted by atomic mass is 10.0. The van der Waals surface area contributed by atoms with Gasteiger partial charge in [0, 0.05) is 25.7 Å². The van der Waals surface area contributed by atoms with Crippen LogP contribution in [0.2, 0.25) is 0 Å². The standard InChI is InChI=1S/C83H162O17P2/c1-8-9-10-11-12-13-14-28-36-43-50-57-64-80(85)93-71-79(100-83(88)67-60-53-46-39-32-31-35-42-49-56-63-76(6)7)73-98-102(91,92)96-69-77(84)68-95-101(89,90)97-72-78(70-94-81(86)65-58-51-44-37-29-24-21-17-19-23-27-34-41-48-55-62-75(4)5)99-82(87)66-59-52-45-38-30-25-20-16-15-18-22-26-33-40-47-54-61-74(2)3/h74-79,84H,8-73H2,1-7H3,(H,89,90)(H,91,92)/t77-,78-,79-/m1/s1. The summed E-state index contributed by atoms with van der Waals surface area (Å²) < 4.78 is 68.8. The Morgan fingerprint density at radius 3 is 0.667 bits per heavy atom. The normalized spacial score (nSPS) is 13.9. The molecule has 0 saturated carbocycles. The highest BCUT2D eigenvalue weighted by Gasteiger charge is 2.30. The fraction of sp³-hybridized carbons (Fsp3) is 0.952. The number of aliphatic hydroxyl groups is 1. The molecule has 3 N–H and O–H groups in total. The Kier molecular flexibility index (Phi) is 71.8. The van der Waals surface area contributed by atoms with E-state index in [9.17, 15) is 43.2 Å². The van der Waals surface area contributed by atoms with Crippen molar-refractivity contribution >= 4 is 39.5 Å². The topological polar surface area (TPSA) is 237 Å². The lowest BCUT2D eigenvalue weighted by Gasteiger charge is -2.21. The minimum absolute atomic E-state index is 0.106. The molecule has 0 aliphatic heterocycles. The van der Waals surface area contributed by atoms with E-state index in [0.29, 0.717) is 25.7 Å². The second-order valence-corrected chi connectivity index (χ2v) is 34.2. The largest absolute Gasteiger partial charge is 0.472 e. The van der Waals surface area contributed by atoms with Gasteiger partial charge < -0.3 is 33.8 Å². The third-order valence-electron chi connectivity index (χ3n) is 19.4. The van der Waals surface area contributed by atoms with Crippen LogP contribution in [-0.4, -0.2) is 96.7 Å². The smallest absolute Gasteiger partial charge is 0.462 e. The zero-order valence-corrected chi connectivity index (χ0v) is 68.9. The highest BCUT2D eigenvalue weighted by Crippen LogP contribution is 2.45. The number of phosphoric ester groups is 2. The number of hydrogen-bond acceptors (Lipinski definition) is 15. The van der Waals surface area contributed by atoms with Gasteiger partial charge in [0.15, 0.2) is 12.2 Å². The fourth-order valence-electron chi connectivity index (χ4n) is 12.8. The number of unbranched alkanes of at least 4 members (excludes halogenated alkanes) is 49. The molecule has 102 heavy (non-hydrogen) atoms. The maximum absolute atomic E-state index is 13.1. The molecular formula is C83H162O17P2. The lowest BCUT2D eigenvalue weighted by molar-refractivity contribution is -0.161. The minimum atomic E-state index is -4.96. The summed E-state index contributed by atoms with van der Waals surface area (Å²) in [6, 6.07) is 0. The van der Waals surface area contributed by atoms with Crippen molar-refractivity contribution in [2.24, 2.45) is 17.8 Å². The maximum atomic E-state index is 13.1. The van der Waals surface area contributed by atoms with Gasteiger partial charge in [0.25, 0.3) is 0 Å². The van der Waals surface area contributed by atoms with E-state index in [1.807, 2.05) is 0 Å². The monoisotopic (exact) mass is 1490 g/mol. The Balaban J connectivity index is 5.25. The minimum Gasteiger partial charge on any atom is -0.462 e. The number of phosphoric acid groups is 2. The van der Waals surface area contributed by atoms with Crippen molar-refractivity contribution in [3.8, 4) is 0 Å². The number of ether oxygens (including phenoxy) is 4. The average molecular weight is 1490 g/mol. The molecule has 19 heteroatoms.